The Kier molecular flexibility index (Phi) is 6.65. The van der Waals surface area contributed by atoms with Gasteiger partial charge in [0.2, 0.25) is 11.8 Å². The third kappa shape index (κ3) is 5.42. The Morgan fingerprint density at radius 1 is 1.24 bits per heavy atom. The number of halogens is 1. The standard InChI is InChI=1S/C19H23FN2O7/c20-13-3-5-14(6-4-13)27-7-1-2-16(23)21-11-17(24)22-12-19(28-8-9-29-19)10-15(22)18(25)26/h3-6,15H,1-2,7-12H2,(H,21,23)(H,25,26)/t15-/m0/s1. The summed E-state index contributed by atoms with van der Waals surface area (Å²) < 4.78 is 29.2. The van der Waals surface area contributed by atoms with Gasteiger partial charge in [0.15, 0.2) is 5.79 Å². The molecule has 1 spiro atoms. The van der Waals surface area contributed by atoms with Gasteiger partial charge in [-0.1, -0.05) is 0 Å². The highest BCUT2D eigenvalue weighted by molar-refractivity contribution is 5.88. The highest BCUT2D eigenvalue weighted by Crippen LogP contribution is 2.34. The second-order valence-electron chi connectivity index (χ2n) is 6.87. The molecule has 2 heterocycles. The maximum absolute atomic E-state index is 12.8. The van der Waals surface area contributed by atoms with Crippen LogP contribution in [-0.4, -0.2) is 72.5 Å². The van der Waals surface area contributed by atoms with Crippen LogP contribution in [0.1, 0.15) is 19.3 Å². The average Bonchev–Trinajstić information content (AvgIpc) is 3.32. The fraction of sp³-hybridized carbons (Fsp3) is 0.526. The SMILES string of the molecule is O=C(CCCOc1ccc(F)cc1)NCC(=O)N1CC2(C[C@H]1C(=O)O)OCCO2. The van der Waals surface area contributed by atoms with Crippen molar-refractivity contribution in [2.45, 2.75) is 31.1 Å². The second kappa shape index (κ2) is 9.19. The Morgan fingerprint density at radius 3 is 2.59 bits per heavy atom. The fourth-order valence-corrected chi connectivity index (χ4v) is 3.35. The number of carboxylic acids is 1. The summed E-state index contributed by atoms with van der Waals surface area (Å²) in [4.78, 5) is 37.0. The summed E-state index contributed by atoms with van der Waals surface area (Å²) in [6.45, 7) is 0.676. The molecule has 29 heavy (non-hydrogen) atoms. The van der Waals surface area contributed by atoms with Gasteiger partial charge in [-0.05, 0) is 30.7 Å². The first kappa shape index (κ1) is 21.0. The lowest BCUT2D eigenvalue weighted by atomic mass is 10.1. The average molecular weight is 410 g/mol. The molecule has 158 valence electrons. The molecule has 10 heteroatoms. The number of aliphatic carboxylic acids is 1. The zero-order valence-electron chi connectivity index (χ0n) is 15.8. The van der Waals surface area contributed by atoms with Crippen molar-refractivity contribution in [3.05, 3.63) is 30.1 Å². The first-order valence-electron chi connectivity index (χ1n) is 9.34. The lowest BCUT2D eigenvalue weighted by Gasteiger charge is -2.23. The molecule has 0 bridgehead atoms. The van der Waals surface area contributed by atoms with Gasteiger partial charge in [0.25, 0.3) is 0 Å². The van der Waals surface area contributed by atoms with Gasteiger partial charge in [0, 0.05) is 12.8 Å². The van der Waals surface area contributed by atoms with Crippen LogP contribution in [0.15, 0.2) is 24.3 Å². The topological polar surface area (TPSA) is 114 Å². The van der Waals surface area contributed by atoms with Crippen LogP contribution >= 0.6 is 0 Å². The molecule has 0 aliphatic carbocycles. The van der Waals surface area contributed by atoms with Crippen molar-refractivity contribution in [1.29, 1.82) is 0 Å². The van der Waals surface area contributed by atoms with Crippen molar-refractivity contribution < 1.29 is 38.1 Å². The number of ether oxygens (including phenoxy) is 3. The van der Waals surface area contributed by atoms with E-state index in [1.165, 1.54) is 29.2 Å². The predicted octanol–water partition coefficient (Wildman–Crippen LogP) is 0.530. The van der Waals surface area contributed by atoms with Crippen molar-refractivity contribution in [3.63, 3.8) is 0 Å². The zero-order chi connectivity index (χ0) is 20.9. The number of amides is 2. The first-order valence-corrected chi connectivity index (χ1v) is 9.34. The number of likely N-dealkylation sites (tertiary alicyclic amines) is 1. The highest BCUT2D eigenvalue weighted by Gasteiger charge is 2.52. The Bertz CT molecular complexity index is 749. The third-order valence-electron chi connectivity index (χ3n) is 4.78. The van der Waals surface area contributed by atoms with Crippen LogP contribution in [-0.2, 0) is 23.9 Å². The van der Waals surface area contributed by atoms with Gasteiger partial charge in [0.1, 0.15) is 17.6 Å². The zero-order valence-corrected chi connectivity index (χ0v) is 15.8. The molecule has 0 saturated carbocycles. The molecule has 1 atom stereocenters. The van der Waals surface area contributed by atoms with Gasteiger partial charge in [-0.3, -0.25) is 9.59 Å². The van der Waals surface area contributed by atoms with E-state index in [1.807, 2.05) is 0 Å². The van der Waals surface area contributed by atoms with Crippen LogP contribution < -0.4 is 10.1 Å². The molecular formula is C19H23FN2O7. The lowest BCUT2D eigenvalue weighted by molar-refractivity contribution is -0.152. The van der Waals surface area contributed by atoms with Crippen LogP contribution in [0.2, 0.25) is 0 Å². The van der Waals surface area contributed by atoms with E-state index in [1.54, 1.807) is 0 Å². The minimum Gasteiger partial charge on any atom is -0.494 e. The first-order chi connectivity index (χ1) is 13.9. The monoisotopic (exact) mass is 410 g/mol. The quantitative estimate of drug-likeness (QED) is 0.601. The van der Waals surface area contributed by atoms with E-state index in [9.17, 15) is 23.9 Å². The van der Waals surface area contributed by atoms with Crippen molar-refractivity contribution in [2.75, 3.05) is 32.9 Å². The number of rotatable bonds is 8. The smallest absolute Gasteiger partial charge is 0.326 e. The van der Waals surface area contributed by atoms with Crippen molar-refractivity contribution in [1.82, 2.24) is 10.2 Å². The summed E-state index contributed by atoms with van der Waals surface area (Å²) in [7, 11) is 0. The fourth-order valence-electron chi connectivity index (χ4n) is 3.35. The normalized spacial score (nSPS) is 20.0. The molecular weight excluding hydrogens is 387 g/mol. The summed E-state index contributed by atoms with van der Waals surface area (Å²) in [6, 6.07) is 4.49. The molecule has 2 amide bonds. The molecule has 2 saturated heterocycles. The van der Waals surface area contributed by atoms with E-state index in [0.29, 0.717) is 25.4 Å². The van der Waals surface area contributed by atoms with E-state index in [-0.39, 0.29) is 44.3 Å². The summed E-state index contributed by atoms with van der Waals surface area (Å²) in [5.41, 5.74) is 0. The van der Waals surface area contributed by atoms with Crippen LogP contribution in [0.5, 0.6) is 5.75 Å². The molecule has 2 N–H and O–H groups in total. The van der Waals surface area contributed by atoms with Crippen LogP contribution in [0, 0.1) is 5.82 Å². The molecule has 1 aromatic carbocycles. The van der Waals surface area contributed by atoms with Gasteiger partial charge < -0.3 is 29.5 Å². The number of carboxylic acid groups (broad SMARTS) is 1. The molecule has 0 aromatic heterocycles. The molecule has 2 aliphatic heterocycles. The largest absolute Gasteiger partial charge is 0.494 e. The van der Waals surface area contributed by atoms with Gasteiger partial charge in [0.05, 0.1) is 32.9 Å². The van der Waals surface area contributed by atoms with Gasteiger partial charge >= 0.3 is 5.97 Å². The number of nitrogens with zero attached hydrogens (tertiary/aromatic N) is 1. The molecule has 0 unspecified atom stereocenters. The van der Waals surface area contributed by atoms with E-state index < -0.39 is 23.7 Å². The molecule has 9 nitrogen and oxygen atoms in total. The number of hydrogen-bond donors (Lipinski definition) is 2. The molecule has 1 aromatic rings. The maximum Gasteiger partial charge on any atom is 0.326 e. The summed E-state index contributed by atoms with van der Waals surface area (Å²) >= 11 is 0. The van der Waals surface area contributed by atoms with Gasteiger partial charge in [-0.2, -0.15) is 0 Å². The van der Waals surface area contributed by atoms with Gasteiger partial charge in [-0.25, -0.2) is 9.18 Å². The molecule has 0 radical (unpaired) electrons. The highest BCUT2D eigenvalue weighted by atomic mass is 19.1. The number of hydrogen-bond acceptors (Lipinski definition) is 6. The summed E-state index contributed by atoms with van der Waals surface area (Å²) in [6.07, 6.45) is 0.597. The minimum absolute atomic E-state index is 0.0180. The van der Waals surface area contributed by atoms with E-state index in [0.717, 1.165) is 0 Å². The number of carbonyl (C=O) groups excluding carboxylic acids is 2. The van der Waals surface area contributed by atoms with E-state index >= 15 is 0 Å². The number of nitrogens with one attached hydrogen (secondary N) is 1. The third-order valence-corrected chi connectivity index (χ3v) is 4.78. The molecule has 3 rings (SSSR count). The molecule has 2 fully saturated rings. The summed E-state index contributed by atoms with van der Waals surface area (Å²) in [5.74, 6) is -2.93. The van der Waals surface area contributed by atoms with Crippen molar-refractivity contribution in [3.8, 4) is 5.75 Å². The van der Waals surface area contributed by atoms with Gasteiger partial charge in [-0.15, -0.1) is 0 Å². The van der Waals surface area contributed by atoms with Crippen LogP contribution in [0.25, 0.3) is 0 Å². The Hall–Kier alpha value is -2.72. The molecule has 2 aliphatic rings. The van der Waals surface area contributed by atoms with Crippen LogP contribution in [0.3, 0.4) is 0 Å². The summed E-state index contributed by atoms with van der Waals surface area (Å²) in [5, 5.41) is 11.9. The number of benzene rings is 1. The maximum atomic E-state index is 12.8. The number of carbonyl (C=O) groups is 3. The van der Waals surface area contributed by atoms with E-state index in [4.69, 9.17) is 14.2 Å². The van der Waals surface area contributed by atoms with Crippen molar-refractivity contribution in [2.24, 2.45) is 0 Å². The predicted molar refractivity (Wildman–Crippen MR) is 96.5 cm³/mol. The minimum atomic E-state index is -1.14. The van der Waals surface area contributed by atoms with Crippen LogP contribution in [0.4, 0.5) is 4.39 Å². The second-order valence-corrected chi connectivity index (χ2v) is 6.87. The Labute approximate surface area is 166 Å². The van der Waals surface area contributed by atoms with Crippen molar-refractivity contribution >= 4 is 17.8 Å². The lowest BCUT2D eigenvalue weighted by Crippen LogP contribution is -2.46. The Morgan fingerprint density at radius 2 is 1.93 bits per heavy atom. The Balaban J connectivity index is 1.39. The van der Waals surface area contributed by atoms with E-state index in [2.05, 4.69) is 5.32 Å².